The number of halogens is 1. The van der Waals surface area contributed by atoms with Gasteiger partial charge in [-0.15, -0.1) is 0 Å². The molecule has 0 fully saturated rings. The van der Waals surface area contributed by atoms with E-state index in [1.54, 1.807) is 35.0 Å². The van der Waals surface area contributed by atoms with Crippen LogP contribution in [0.1, 0.15) is 12.6 Å². The lowest BCUT2D eigenvalue weighted by Gasteiger charge is -2.09. The Bertz CT molecular complexity index is 740. The van der Waals surface area contributed by atoms with Crippen molar-refractivity contribution in [3.63, 3.8) is 0 Å². The zero-order valence-corrected chi connectivity index (χ0v) is 12.2. The van der Waals surface area contributed by atoms with E-state index in [1.807, 2.05) is 19.1 Å². The topological polar surface area (TPSA) is 48.7 Å². The van der Waals surface area contributed by atoms with Gasteiger partial charge >= 0.3 is 0 Å². The molecule has 0 N–H and O–H groups in total. The minimum Gasteiger partial charge on any atom is -0.439 e. The smallest absolute Gasteiger partial charge is 0.224 e. The molecule has 0 radical (unpaired) electrons. The van der Waals surface area contributed by atoms with Gasteiger partial charge in [-0.25, -0.2) is 4.98 Å². The van der Waals surface area contributed by atoms with Crippen molar-refractivity contribution in [3.8, 4) is 11.6 Å². The molecule has 0 atom stereocenters. The maximum absolute atomic E-state index is 5.88. The fraction of sp³-hybridized carbons (Fsp3) is 0.200. The molecule has 2 aromatic heterocycles. The summed E-state index contributed by atoms with van der Waals surface area (Å²) < 4.78 is 12.9. The molecule has 0 amide bonds. The number of benzene rings is 1. The van der Waals surface area contributed by atoms with Crippen LogP contribution in [0, 0.1) is 0 Å². The molecule has 0 spiro atoms. The van der Waals surface area contributed by atoms with Gasteiger partial charge < -0.3 is 9.47 Å². The van der Waals surface area contributed by atoms with Crippen LogP contribution in [0.4, 0.5) is 0 Å². The second kappa shape index (κ2) is 6.11. The highest BCUT2D eigenvalue weighted by Crippen LogP contribution is 2.24. The summed E-state index contributed by atoms with van der Waals surface area (Å²) in [6.07, 6.45) is 1.68. The van der Waals surface area contributed by atoms with Crippen molar-refractivity contribution in [2.75, 3.05) is 6.61 Å². The van der Waals surface area contributed by atoms with E-state index in [9.17, 15) is 0 Å². The van der Waals surface area contributed by atoms with Crippen molar-refractivity contribution in [2.24, 2.45) is 0 Å². The highest BCUT2D eigenvalue weighted by Gasteiger charge is 2.09. The van der Waals surface area contributed by atoms with E-state index >= 15 is 0 Å². The number of hydrogen-bond acceptors (Lipinski definition) is 4. The van der Waals surface area contributed by atoms with Crippen LogP contribution in [0.15, 0.2) is 42.6 Å². The molecular weight excluding hydrogens is 290 g/mol. The molecule has 2 heterocycles. The standard InChI is InChI=1S/C15H14ClN3O2/c1-2-20-10-12-9-15(19-14(18-12)7-8-17-19)21-13-5-3-11(16)4-6-13/h3-9H,2,10H2,1H3. The molecule has 0 unspecified atom stereocenters. The zero-order chi connectivity index (χ0) is 14.7. The molecule has 6 heteroatoms. The Balaban J connectivity index is 1.95. The number of fused-ring (bicyclic) bond motifs is 1. The molecule has 108 valence electrons. The van der Waals surface area contributed by atoms with Crippen molar-refractivity contribution in [3.05, 3.63) is 53.3 Å². The van der Waals surface area contributed by atoms with Crippen molar-refractivity contribution < 1.29 is 9.47 Å². The largest absolute Gasteiger partial charge is 0.439 e. The number of ether oxygens (including phenoxy) is 2. The fourth-order valence-electron chi connectivity index (χ4n) is 1.91. The van der Waals surface area contributed by atoms with Gasteiger partial charge in [0.15, 0.2) is 5.65 Å². The SMILES string of the molecule is CCOCc1cc(Oc2ccc(Cl)cc2)n2nccc2n1. The minimum absolute atomic E-state index is 0.440. The van der Waals surface area contributed by atoms with Crippen molar-refractivity contribution in [1.82, 2.24) is 14.6 Å². The van der Waals surface area contributed by atoms with Crippen LogP contribution in [0.25, 0.3) is 5.65 Å². The van der Waals surface area contributed by atoms with Gasteiger partial charge in [0.1, 0.15) is 5.75 Å². The first-order valence-electron chi connectivity index (χ1n) is 6.61. The summed E-state index contributed by atoms with van der Waals surface area (Å²) in [5.41, 5.74) is 1.52. The van der Waals surface area contributed by atoms with Gasteiger partial charge in [0.25, 0.3) is 0 Å². The van der Waals surface area contributed by atoms with Crippen LogP contribution in [-0.2, 0) is 11.3 Å². The third-order valence-electron chi connectivity index (χ3n) is 2.87. The summed E-state index contributed by atoms with van der Waals surface area (Å²) in [6, 6.07) is 10.8. The van der Waals surface area contributed by atoms with Gasteiger partial charge in [-0.05, 0) is 31.2 Å². The second-order valence-corrected chi connectivity index (χ2v) is 4.82. The lowest BCUT2D eigenvalue weighted by Crippen LogP contribution is -2.02. The maximum atomic E-state index is 5.88. The van der Waals surface area contributed by atoms with Crippen LogP contribution in [0.5, 0.6) is 11.6 Å². The molecule has 0 bridgehead atoms. The third-order valence-corrected chi connectivity index (χ3v) is 3.12. The number of hydrogen-bond donors (Lipinski definition) is 0. The molecule has 0 saturated heterocycles. The molecule has 0 aliphatic carbocycles. The summed E-state index contributed by atoms with van der Waals surface area (Å²) >= 11 is 5.88. The highest BCUT2D eigenvalue weighted by atomic mass is 35.5. The van der Waals surface area contributed by atoms with Crippen LogP contribution in [0.3, 0.4) is 0 Å². The summed E-state index contributed by atoms with van der Waals surface area (Å²) in [5.74, 6) is 1.27. The van der Waals surface area contributed by atoms with E-state index < -0.39 is 0 Å². The number of nitrogens with zero attached hydrogens (tertiary/aromatic N) is 3. The summed E-state index contributed by atoms with van der Waals surface area (Å²) in [6.45, 7) is 3.02. The van der Waals surface area contributed by atoms with Gasteiger partial charge in [-0.2, -0.15) is 9.61 Å². The average molecular weight is 304 g/mol. The zero-order valence-electron chi connectivity index (χ0n) is 11.5. The second-order valence-electron chi connectivity index (χ2n) is 4.38. The first-order chi connectivity index (χ1) is 10.3. The Morgan fingerprint density at radius 1 is 1.19 bits per heavy atom. The van der Waals surface area contributed by atoms with Gasteiger partial charge in [-0.1, -0.05) is 11.6 Å². The van der Waals surface area contributed by atoms with E-state index in [4.69, 9.17) is 21.1 Å². The molecule has 0 aliphatic rings. The van der Waals surface area contributed by atoms with Crippen molar-refractivity contribution >= 4 is 17.2 Å². The molecule has 0 saturated carbocycles. The van der Waals surface area contributed by atoms with E-state index in [1.165, 1.54) is 0 Å². The van der Waals surface area contributed by atoms with Crippen LogP contribution < -0.4 is 4.74 Å². The maximum Gasteiger partial charge on any atom is 0.224 e. The molecule has 21 heavy (non-hydrogen) atoms. The van der Waals surface area contributed by atoms with E-state index in [2.05, 4.69) is 10.1 Å². The molecule has 0 aliphatic heterocycles. The molecule has 1 aromatic carbocycles. The predicted molar refractivity (Wildman–Crippen MR) is 79.8 cm³/mol. The van der Waals surface area contributed by atoms with E-state index in [0.717, 1.165) is 11.3 Å². The monoisotopic (exact) mass is 303 g/mol. The van der Waals surface area contributed by atoms with Crippen LogP contribution >= 0.6 is 11.6 Å². The summed E-state index contributed by atoms with van der Waals surface area (Å²) in [4.78, 5) is 4.46. The summed E-state index contributed by atoms with van der Waals surface area (Å²) in [5, 5.41) is 4.88. The third kappa shape index (κ3) is 3.15. The van der Waals surface area contributed by atoms with E-state index in [0.29, 0.717) is 29.9 Å². The number of aromatic nitrogens is 3. The lowest BCUT2D eigenvalue weighted by molar-refractivity contribution is 0.131. The molecular formula is C15H14ClN3O2. The fourth-order valence-corrected chi connectivity index (χ4v) is 2.04. The normalized spacial score (nSPS) is 11.0. The Morgan fingerprint density at radius 2 is 2.00 bits per heavy atom. The van der Waals surface area contributed by atoms with Crippen LogP contribution in [0.2, 0.25) is 5.02 Å². The predicted octanol–water partition coefficient (Wildman–Crippen LogP) is 3.71. The molecule has 5 nitrogen and oxygen atoms in total. The van der Waals surface area contributed by atoms with Gasteiger partial charge in [-0.3, -0.25) is 0 Å². The average Bonchev–Trinajstić information content (AvgIpc) is 2.96. The lowest BCUT2D eigenvalue weighted by atomic mass is 10.3. The summed E-state index contributed by atoms with van der Waals surface area (Å²) in [7, 11) is 0. The van der Waals surface area contributed by atoms with Gasteiger partial charge in [0.2, 0.25) is 5.88 Å². The van der Waals surface area contributed by atoms with Crippen molar-refractivity contribution in [2.45, 2.75) is 13.5 Å². The van der Waals surface area contributed by atoms with Gasteiger partial charge in [0, 0.05) is 23.8 Å². The Morgan fingerprint density at radius 3 is 2.76 bits per heavy atom. The van der Waals surface area contributed by atoms with Crippen molar-refractivity contribution in [1.29, 1.82) is 0 Å². The first-order valence-corrected chi connectivity index (χ1v) is 6.99. The Labute approximate surface area is 127 Å². The molecule has 3 aromatic rings. The van der Waals surface area contributed by atoms with E-state index in [-0.39, 0.29) is 0 Å². The van der Waals surface area contributed by atoms with Crippen LogP contribution in [-0.4, -0.2) is 21.2 Å². The Hall–Kier alpha value is -2.11. The Kier molecular flexibility index (Phi) is 4.03. The number of rotatable bonds is 5. The molecule has 3 rings (SSSR count). The first kappa shape index (κ1) is 13.9. The minimum atomic E-state index is 0.440. The van der Waals surface area contributed by atoms with Gasteiger partial charge in [0.05, 0.1) is 18.5 Å². The highest BCUT2D eigenvalue weighted by molar-refractivity contribution is 6.30. The quantitative estimate of drug-likeness (QED) is 0.721.